The molecule has 0 radical (unpaired) electrons. The van der Waals surface area contributed by atoms with Gasteiger partial charge in [-0.15, -0.1) is 11.3 Å². The summed E-state index contributed by atoms with van der Waals surface area (Å²) in [6.45, 7) is 4.50. The van der Waals surface area contributed by atoms with Crippen LogP contribution in [0.4, 0.5) is 5.69 Å². The summed E-state index contributed by atoms with van der Waals surface area (Å²) in [5.74, 6) is -0.569. The Morgan fingerprint density at radius 1 is 1.33 bits per heavy atom. The van der Waals surface area contributed by atoms with Crippen molar-refractivity contribution >= 4 is 44.6 Å². The fourth-order valence-corrected chi connectivity index (χ4v) is 3.42. The molecule has 0 fully saturated rings. The molecule has 0 bridgehead atoms. The van der Waals surface area contributed by atoms with E-state index in [9.17, 15) is 9.59 Å². The van der Waals surface area contributed by atoms with Gasteiger partial charge in [0.1, 0.15) is 0 Å². The van der Waals surface area contributed by atoms with Crippen LogP contribution in [0.25, 0.3) is 0 Å². The lowest BCUT2D eigenvalue weighted by Gasteiger charge is -2.15. The number of carbonyl (C=O) groups is 2. The summed E-state index contributed by atoms with van der Waals surface area (Å²) < 4.78 is 0.842. The van der Waals surface area contributed by atoms with Crippen molar-refractivity contribution in [3.63, 3.8) is 0 Å². The number of halogens is 1. The lowest BCUT2D eigenvalue weighted by molar-refractivity contribution is -0.114. The first-order valence-corrected chi connectivity index (χ1v) is 8.24. The molecule has 2 heterocycles. The molecule has 0 aliphatic carbocycles. The zero-order chi connectivity index (χ0) is 15.1. The zero-order valence-electron chi connectivity index (χ0n) is 11.6. The van der Waals surface area contributed by atoms with Crippen LogP contribution in [0.15, 0.2) is 28.1 Å². The van der Waals surface area contributed by atoms with Crippen molar-refractivity contribution in [2.75, 3.05) is 4.90 Å². The maximum absolute atomic E-state index is 12.2. The fourth-order valence-electron chi connectivity index (χ4n) is 2.25. The SMILES string of the molecule is CC(C)c1nc(CN2C(=O)C(=O)c3ccc(Br)cc32)cs1. The van der Waals surface area contributed by atoms with Gasteiger partial charge in [0, 0.05) is 15.8 Å². The van der Waals surface area contributed by atoms with Crippen LogP contribution in [0, 0.1) is 0 Å². The molecule has 1 aromatic carbocycles. The molecule has 2 aromatic rings. The van der Waals surface area contributed by atoms with Crippen molar-refractivity contribution in [1.82, 2.24) is 4.98 Å². The third-order valence-electron chi connectivity index (χ3n) is 3.32. The number of benzene rings is 1. The highest BCUT2D eigenvalue weighted by molar-refractivity contribution is 9.10. The number of anilines is 1. The van der Waals surface area contributed by atoms with Gasteiger partial charge in [-0.05, 0) is 18.2 Å². The third-order valence-corrected chi connectivity index (χ3v) is 5.01. The number of aromatic nitrogens is 1. The maximum Gasteiger partial charge on any atom is 0.299 e. The predicted octanol–water partition coefficient (Wildman–Crippen LogP) is 3.76. The monoisotopic (exact) mass is 364 g/mol. The van der Waals surface area contributed by atoms with Crippen molar-refractivity contribution in [1.29, 1.82) is 0 Å². The number of ketones is 1. The Bertz CT molecular complexity index is 739. The number of Topliss-reactive ketones (excluding diaryl/α,β-unsaturated/α-hetero) is 1. The summed E-state index contributed by atoms with van der Waals surface area (Å²) in [7, 11) is 0. The second-order valence-corrected chi connectivity index (χ2v) is 7.02. The van der Waals surface area contributed by atoms with E-state index in [0.717, 1.165) is 15.2 Å². The van der Waals surface area contributed by atoms with Crippen LogP contribution in [-0.2, 0) is 11.3 Å². The zero-order valence-corrected chi connectivity index (χ0v) is 14.0. The highest BCUT2D eigenvalue weighted by Crippen LogP contribution is 2.33. The number of carbonyl (C=O) groups excluding carboxylic acids is 2. The molecule has 108 valence electrons. The Balaban J connectivity index is 1.94. The van der Waals surface area contributed by atoms with E-state index >= 15 is 0 Å². The molecule has 6 heteroatoms. The molecule has 0 unspecified atom stereocenters. The molecule has 0 saturated heterocycles. The van der Waals surface area contributed by atoms with Gasteiger partial charge in [0.05, 0.1) is 28.5 Å². The Hall–Kier alpha value is -1.53. The van der Waals surface area contributed by atoms with Crippen LogP contribution in [0.3, 0.4) is 0 Å². The predicted molar refractivity (Wildman–Crippen MR) is 85.9 cm³/mol. The van der Waals surface area contributed by atoms with Gasteiger partial charge < -0.3 is 0 Å². The number of fused-ring (bicyclic) bond motifs is 1. The molecule has 0 atom stereocenters. The second kappa shape index (κ2) is 5.35. The molecule has 0 saturated carbocycles. The Morgan fingerprint density at radius 3 is 2.76 bits per heavy atom. The minimum Gasteiger partial charge on any atom is -0.299 e. The van der Waals surface area contributed by atoms with Gasteiger partial charge >= 0.3 is 0 Å². The van der Waals surface area contributed by atoms with E-state index < -0.39 is 11.7 Å². The first kappa shape index (κ1) is 14.4. The maximum atomic E-state index is 12.2. The van der Waals surface area contributed by atoms with Crippen LogP contribution in [0.2, 0.25) is 0 Å². The number of nitrogens with zero attached hydrogens (tertiary/aromatic N) is 2. The molecule has 21 heavy (non-hydrogen) atoms. The number of amides is 1. The van der Waals surface area contributed by atoms with Gasteiger partial charge in [-0.1, -0.05) is 29.8 Å². The van der Waals surface area contributed by atoms with E-state index in [-0.39, 0.29) is 0 Å². The lowest BCUT2D eigenvalue weighted by Crippen LogP contribution is -2.29. The van der Waals surface area contributed by atoms with Gasteiger partial charge in [-0.3, -0.25) is 14.5 Å². The average Bonchev–Trinajstić information content (AvgIpc) is 2.99. The quantitative estimate of drug-likeness (QED) is 0.779. The highest BCUT2D eigenvalue weighted by Gasteiger charge is 2.36. The Labute approximate surface area is 134 Å². The molecule has 1 aliphatic heterocycles. The Kier molecular flexibility index (Phi) is 3.67. The highest BCUT2D eigenvalue weighted by atomic mass is 79.9. The molecule has 0 N–H and O–H groups in total. The van der Waals surface area contributed by atoms with Gasteiger partial charge in [0.15, 0.2) is 0 Å². The van der Waals surface area contributed by atoms with E-state index in [0.29, 0.717) is 23.7 Å². The molecule has 1 aliphatic rings. The first-order valence-electron chi connectivity index (χ1n) is 6.57. The van der Waals surface area contributed by atoms with Gasteiger partial charge in [-0.25, -0.2) is 4.98 Å². The molecule has 1 aromatic heterocycles. The van der Waals surface area contributed by atoms with Crippen molar-refractivity contribution in [3.8, 4) is 0 Å². The summed E-state index contributed by atoms with van der Waals surface area (Å²) >= 11 is 4.96. The summed E-state index contributed by atoms with van der Waals surface area (Å²) in [5, 5.41) is 2.99. The molecular formula is C15H13BrN2O2S. The summed E-state index contributed by atoms with van der Waals surface area (Å²) in [6, 6.07) is 5.25. The van der Waals surface area contributed by atoms with Gasteiger partial charge in [0.25, 0.3) is 11.7 Å². The van der Waals surface area contributed by atoms with Crippen LogP contribution < -0.4 is 4.90 Å². The van der Waals surface area contributed by atoms with Crippen molar-refractivity contribution in [2.45, 2.75) is 26.3 Å². The number of hydrogen-bond acceptors (Lipinski definition) is 4. The minimum absolute atomic E-state index is 0.331. The van der Waals surface area contributed by atoms with Crippen molar-refractivity contribution < 1.29 is 9.59 Å². The summed E-state index contributed by atoms with van der Waals surface area (Å²) in [4.78, 5) is 30.2. The van der Waals surface area contributed by atoms with E-state index in [1.807, 2.05) is 5.38 Å². The number of thiazole rings is 1. The van der Waals surface area contributed by atoms with Crippen LogP contribution in [-0.4, -0.2) is 16.7 Å². The van der Waals surface area contributed by atoms with E-state index in [1.165, 1.54) is 4.90 Å². The minimum atomic E-state index is -0.484. The van der Waals surface area contributed by atoms with E-state index in [1.54, 1.807) is 29.5 Å². The largest absolute Gasteiger partial charge is 0.299 e. The molecule has 0 spiro atoms. The van der Waals surface area contributed by atoms with Gasteiger partial charge in [-0.2, -0.15) is 0 Å². The molecular weight excluding hydrogens is 352 g/mol. The van der Waals surface area contributed by atoms with E-state index in [4.69, 9.17) is 0 Å². The lowest BCUT2D eigenvalue weighted by atomic mass is 10.1. The standard InChI is InChI=1S/C15H13BrN2O2S/c1-8(2)14-17-10(7-21-14)6-18-12-5-9(16)3-4-11(12)13(19)15(18)20/h3-5,7-8H,6H2,1-2H3. The van der Waals surface area contributed by atoms with Crippen LogP contribution in [0.1, 0.15) is 40.8 Å². The Morgan fingerprint density at radius 2 is 2.10 bits per heavy atom. The normalized spacial score (nSPS) is 14.2. The summed E-state index contributed by atoms with van der Waals surface area (Å²) in [5.41, 5.74) is 1.93. The molecule has 1 amide bonds. The number of rotatable bonds is 3. The second-order valence-electron chi connectivity index (χ2n) is 5.21. The topological polar surface area (TPSA) is 50.3 Å². The molecule has 3 rings (SSSR count). The fraction of sp³-hybridized carbons (Fsp3) is 0.267. The van der Waals surface area contributed by atoms with Crippen molar-refractivity contribution in [2.24, 2.45) is 0 Å². The smallest absolute Gasteiger partial charge is 0.299 e. The van der Waals surface area contributed by atoms with Crippen LogP contribution in [0.5, 0.6) is 0 Å². The first-order chi connectivity index (χ1) is 9.97. The number of hydrogen-bond donors (Lipinski definition) is 0. The molecule has 4 nitrogen and oxygen atoms in total. The van der Waals surface area contributed by atoms with Crippen molar-refractivity contribution in [3.05, 3.63) is 44.3 Å². The average molecular weight is 365 g/mol. The van der Waals surface area contributed by atoms with E-state index in [2.05, 4.69) is 34.8 Å². The third kappa shape index (κ3) is 2.53. The summed E-state index contributed by atoms with van der Waals surface area (Å²) in [6.07, 6.45) is 0. The van der Waals surface area contributed by atoms with Crippen LogP contribution >= 0.6 is 27.3 Å². The van der Waals surface area contributed by atoms with Gasteiger partial charge in [0.2, 0.25) is 0 Å².